The lowest BCUT2D eigenvalue weighted by Gasteiger charge is -2.01. The van der Waals surface area contributed by atoms with Crippen molar-refractivity contribution in [2.75, 3.05) is 5.73 Å². The molecule has 0 radical (unpaired) electrons. The first-order chi connectivity index (χ1) is 7.16. The largest absolute Gasteiger partial charge is 0.381 e. The number of rotatable bonds is 3. The number of nitrogens with zero attached hydrogens (tertiary/aromatic N) is 4. The fourth-order valence-electron chi connectivity index (χ4n) is 1.40. The fourth-order valence-corrected chi connectivity index (χ4v) is 1.72. The maximum Gasteiger partial charge on any atom is 0.159 e. The van der Waals surface area contributed by atoms with Crippen LogP contribution in [0, 0.1) is 0 Å². The highest BCUT2D eigenvalue weighted by Gasteiger charge is 2.03. The van der Waals surface area contributed by atoms with Crippen LogP contribution >= 0.6 is 15.9 Å². The molecule has 2 rings (SSSR count). The van der Waals surface area contributed by atoms with Gasteiger partial charge in [-0.25, -0.2) is 0 Å². The summed E-state index contributed by atoms with van der Waals surface area (Å²) < 4.78 is 4.53. The van der Waals surface area contributed by atoms with Crippen molar-refractivity contribution in [1.82, 2.24) is 19.6 Å². The summed E-state index contributed by atoms with van der Waals surface area (Å²) in [5, 5.41) is 8.26. The lowest BCUT2D eigenvalue weighted by Crippen LogP contribution is -2.06. The Hall–Kier alpha value is -1.30. The Morgan fingerprint density at radius 2 is 2.33 bits per heavy atom. The van der Waals surface area contributed by atoms with Crippen molar-refractivity contribution < 1.29 is 0 Å². The molecule has 0 aromatic carbocycles. The summed E-state index contributed by atoms with van der Waals surface area (Å²) in [5.74, 6) is 0.528. The molecule has 0 saturated heterocycles. The van der Waals surface area contributed by atoms with Gasteiger partial charge in [0.2, 0.25) is 0 Å². The molecule has 0 atom stereocenters. The molecule has 15 heavy (non-hydrogen) atoms. The lowest BCUT2D eigenvalue weighted by molar-refractivity contribution is 0.588. The standard InChI is InChI=1S/C9H12BrN5/c1-14-7(2-4-12-14)3-5-15-6-8(10)9(11)13-15/h2,4,6H,3,5H2,1H3,(H2,11,13). The second-order valence-electron chi connectivity index (χ2n) is 3.32. The number of hydrogen-bond acceptors (Lipinski definition) is 3. The van der Waals surface area contributed by atoms with Gasteiger partial charge in [-0.3, -0.25) is 9.36 Å². The van der Waals surface area contributed by atoms with Crippen LogP contribution in [0.3, 0.4) is 0 Å². The molecule has 2 aromatic rings. The third kappa shape index (κ3) is 2.20. The van der Waals surface area contributed by atoms with E-state index >= 15 is 0 Å². The van der Waals surface area contributed by atoms with Crippen LogP contribution in [0.1, 0.15) is 5.69 Å². The second-order valence-corrected chi connectivity index (χ2v) is 4.18. The van der Waals surface area contributed by atoms with Crippen molar-refractivity contribution in [3.63, 3.8) is 0 Å². The van der Waals surface area contributed by atoms with E-state index in [0.29, 0.717) is 5.82 Å². The highest BCUT2D eigenvalue weighted by molar-refractivity contribution is 9.10. The zero-order valence-corrected chi connectivity index (χ0v) is 9.98. The van der Waals surface area contributed by atoms with E-state index in [1.807, 2.05) is 28.7 Å². The second kappa shape index (κ2) is 4.06. The Labute approximate surface area is 96.0 Å². The van der Waals surface area contributed by atoms with Gasteiger partial charge in [-0.1, -0.05) is 0 Å². The van der Waals surface area contributed by atoms with E-state index in [1.54, 1.807) is 6.20 Å². The van der Waals surface area contributed by atoms with Gasteiger partial charge in [0.05, 0.1) is 4.47 Å². The van der Waals surface area contributed by atoms with Crippen molar-refractivity contribution in [2.45, 2.75) is 13.0 Å². The summed E-state index contributed by atoms with van der Waals surface area (Å²) in [6.07, 6.45) is 4.57. The van der Waals surface area contributed by atoms with Crippen molar-refractivity contribution >= 4 is 21.7 Å². The predicted octanol–water partition coefficient (Wildman–Crippen LogP) is 1.20. The Kier molecular flexibility index (Phi) is 2.77. The van der Waals surface area contributed by atoms with Gasteiger partial charge in [0.25, 0.3) is 0 Å². The maximum atomic E-state index is 5.62. The van der Waals surface area contributed by atoms with Crippen LogP contribution in [0.5, 0.6) is 0 Å². The highest BCUT2D eigenvalue weighted by atomic mass is 79.9. The summed E-state index contributed by atoms with van der Waals surface area (Å²) in [5.41, 5.74) is 6.80. The molecule has 0 aliphatic carbocycles. The van der Waals surface area contributed by atoms with E-state index in [1.165, 1.54) is 5.69 Å². The van der Waals surface area contributed by atoms with E-state index in [-0.39, 0.29) is 0 Å². The van der Waals surface area contributed by atoms with Gasteiger partial charge >= 0.3 is 0 Å². The van der Waals surface area contributed by atoms with Crippen molar-refractivity contribution in [3.8, 4) is 0 Å². The van der Waals surface area contributed by atoms with Crippen molar-refractivity contribution in [2.24, 2.45) is 7.05 Å². The Morgan fingerprint density at radius 3 is 2.87 bits per heavy atom. The van der Waals surface area contributed by atoms with Crippen LogP contribution in [-0.4, -0.2) is 19.6 Å². The molecule has 0 saturated carbocycles. The molecule has 0 unspecified atom stereocenters. The molecule has 0 bridgehead atoms. The van der Waals surface area contributed by atoms with Gasteiger partial charge in [0, 0.05) is 38.1 Å². The number of anilines is 1. The SMILES string of the molecule is Cn1nccc1CCn1cc(Br)c(N)n1. The third-order valence-corrected chi connectivity index (χ3v) is 2.87. The van der Waals surface area contributed by atoms with Gasteiger partial charge in [0.1, 0.15) is 0 Å². The number of nitrogen functional groups attached to an aromatic ring is 1. The van der Waals surface area contributed by atoms with Crippen LogP contribution in [-0.2, 0) is 20.0 Å². The lowest BCUT2D eigenvalue weighted by atomic mass is 10.3. The maximum absolute atomic E-state index is 5.62. The van der Waals surface area contributed by atoms with Gasteiger partial charge in [0.15, 0.2) is 5.82 Å². The van der Waals surface area contributed by atoms with Gasteiger partial charge in [-0.15, -0.1) is 0 Å². The molecule has 0 aliphatic rings. The summed E-state index contributed by atoms with van der Waals surface area (Å²) in [7, 11) is 1.93. The minimum Gasteiger partial charge on any atom is -0.381 e. The summed E-state index contributed by atoms with van der Waals surface area (Å²) in [6.45, 7) is 0.801. The van der Waals surface area contributed by atoms with E-state index < -0.39 is 0 Å². The molecule has 0 aliphatic heterocycles. The van der Waals surface area contributed by atoms with Crippen LogP contribution in [0.2, 0.25) is 0 Å². The molecular weight excluding hydrogens is 258 g/mol. The van der Waals surface area contributed by atoms with Crippen molar-refractivity contribution in [1.29, 1.82) is 0 Å². The van der Waals surface area contributed by atoms with Crippen LogP contribution < -0.4 is 5.73 Å². The quantitative estimate of drug-likeness (QED) is 0.911. The molecule has 2 heterocycles. The molecular formula is C9H12BrN5. The first kappa shape index (κ1) is 10.2. The average molecular weight is 270 g/mol. The highest BCUT2D eigenvalue weighted by Crippen LogP contribution is 2.16. The van der Waals surface area contributed by atoms with E-state index in [2.05, 4.69) is 26.1 Å². The predicted molar refractivity (Wildman–Crippen MR) is 61.3 cm³/mol. The van der Waals surface area contributed by atoms with Crippen LogP contribution in [0.25, 0.3) is 0 Å². The monoisotopic (exact) mass is 269 g/mol. The molecule has 0 fully saturated rings. The summed E-state index contributed by atoms with van der Waals surface area (Å²) >= 11 is 3.32. The minimum absolute atomic E-state index is 0.528. The minimum atomic E-state index is 0.528. The molecule has 80 valence electrons. The molecule has 2 N–H and O–H groups in total. The Balaban J connectivity index is 2.02. The molecule has 0 amide bonds. The zero-order valence-electron chi connectivity index (χ0n) is 8.39. The van der Waals surface area contributed by atoms with E-state index in [9.17, 15) is 0 Å². The van der Waals surface area contributed by atoms with Crippen LogP contribution in [0.15, 0.2) is 22.9 Å². The number of nitrogens with two attached hydrogens (primary N) is 1. The van der Waals surface area contributed by atoms with E-state index in [4.69, 9.17) is 5.73 Å². The Bertz CT molecular complexity index is 439. The molecule has 0 spiro atoms. The topological polar surface area (TPSA) is 61.7 Å². The van der Waals surface area contributed by atoms with Gasteiger partial charge < -0.3 is 5.73 Å². The average Bonchev–Trinajstić information content (AvgIpc) is 2.72. The summed E-state index contributed by atoms with van der Waals surface area (Å²) in [6, 6.07) is 2.00. The molecule has 5 nitrogen and oxygen atoms in total. The first-order valence-electron chi connectivity index (χ1n) is 4.62. The summed E-state index contributed by atoms with van der Waals surface area (Å²) in [4.78, 5) is 0. The van der Waals surface area contributed by atoms with E-state index in [0.717, 1.165) is 17.4 Å². The van der Waals surface area contributed by atoms with Gasteiger partial charge in [-0.2, -0.15) is 10.2 Å². The van der Waals surface area contributed by atoms with Crippen molar-refractivity contribution in [3.05, 3.63) is 28.6 Å². The molecule has 6 heteroatoms. The first-order valence-corrected chi connectivity index (χ1v) is 5.41. The number of hydrogen-bond donors (Lipinski definition) is 1. The van der Waals surface area contributed by atoms with Crippen LogP contribution in [0.4, 0.5) is 5.82 Å². The third-order valence-electron chi connectivity index (χ3n) is 2.26. The number of aryl methyl sites for hydroxylation is 3. The smallest absolute Gasteiger partial charge is 0.159 e. The molecule has 2 aromatic heterocycles. The Morgan fingerprint density at radius 1 is 1.53 bits per heavy atom. The number of halogens is 1. The zero-order chi connectivity index (χ0) is 10.8. The fraction of sp³-hybridized carbons (Fsp3) is 0.333. The normalized spacial score (nSPS) is 10.8. The number of aromatic nitrogens is 4. The van der Waals surface area contributed by atoms with Gasteiger partial charge in [-0.05, 0) is 22.0 Å².